The number of carbonyl (C=O) groups excluding carboxylic acids is 2. The number of aliphatic hydroxyl groups excluding tert-OH is 4. The molecule has 0 saturated carbocycles. The molecule has 0 aromatic carbocycles. The van der Waals surface area contributed by atoms with Crippen LogP contribution in [0.2, 0.25) is 0 Å². The fourth-order valence-electron chi connectivity index (χ4n) is 7.18. The van der Waals surface area contributed by atoms with Crippen LogP contribution in [0.4, 0.5) is 0 Å². The van der Waals surface area contributed by atoms with Crippen molar-refractivity contribution in [1.82, 2.24) is 0 Å². The lowest BCUT2D eigenvalue weighted by molar-refractivity contribution is -0.305. The van der Waals surface area contributed by atoms with E-state index in [2.05, 4.69) is 26.0 Å². The molecule has 10 nitrogen and oxygen atoms in total. The minimum Gasteiger partial charge on any atom is -0.462 e. The molecule has 0 bridgehead atoms. The van der Waals surface area contributed by atoms with Crippen LogP contribution in [0, 0.1) is 0 Å². The predicted molar refractivity (Wildman–Crippen MR) is 224 cm³/mol. The third-order valence-electron chi connectivity index (χ3n) is 10.9. The highest BCUT2D eigenvalue weighted by atomic mass is 16.7. The molecule has 0 aromatic heterocycles. The topological polar surface area (TPSA) is 152 Å². The van der Waals surface area contributed by atoms with Crippen molar-refractivity contribution in [2.24, 2.45) is 0 Å². The maximum atomic E-state index is 12.8. The van der Waals surface area contributed by atoms with E-state index in [-0.39, 0.29) is 32.0 Å². The largest absolute Gasteiger partial charge is 0.462 e. The molecule has 2 unspecified atom stereocenters. The van der Waals surface area contributed by atoms with Crippen LogP contribution in [0.25, 0.3) is 0 Å². The van der Waals surface area contributed by atoms with Gasteiger partial charge in [-0.3, -0.25) is 9.59 Å². The van der Waals surface area contributed by atoms with Crippen molar-refractivity contribution in [2.45, 2.75) is 250 Å². The summed E-state index contributed by atoms with van der Waals surface area (Å²) in [4.78, 5) is 25.3. The molecule has 0 spiro atoms. The summed E-state index contributed by atoms with van der Waals surface area (Å²) >= 11 is 0. The van der Waals surface area contributed by atoms with Gasteiger partial charge in [-0.2, -0.15) is 0 Å². The minimum absolute atomic E-state index is 0.220. The number of hydrogen-bond donors (Lipinski definition) is 4. The normalized spacial score (nSPS) is 20.4. The third kappa shape index (κ3) is 28.8. The van der Waals surface area contributed by atoms with Crippen molar-refractivity contribution in [3.8, 4) is 0 Å². The third-order valence-corrected chi connectivity index (χ3v) is 10.9. The van der Waals surface area contributed by atoms with Gasteiger partial charge in [0.15, 0.2) is 12.4 Å². The van der Waals surface area contributed by atoms with Crippen LogP contribution in [-0.4, -0.2) is 89.0 Å². The number of hydrogen-bond acceptors (Lipinski definition) is 10. The summed E-state index contributed by atoms with van der Waals surface area (Å²) in [6.45, 7) is 3.43. The van der Waals surface area contributed by atoms with E-state index in [1.807, 2.05) is 0 Å². The van der Waals surface area contributed by atoms with Gasteiger partial charge in [0.1, 0.15) is 31.0 Å². The molecule has 1 fully saturated rings. The van der Waals surface area contributed by atoms with Crippen LogP contribution < -0.4 is 0 Å². The average Bonchev–Trinajstić information content (AvgIpc) is 3.19. The summed E-state index contributed by atoms with van der Waals surface area (Å²) in [5, 5.41) is 40.1. The molecule has 1 saturated heterocycles. The zero-order chi connectivity index (χ0) is 40.9. The van der Waals surface area contributed by atoms with Crippen LogP contribution in [0.5, 0.6) is 0 Å². The van der Waals surface area contributed by atoms with Crippen molar-refractivity contribution in [3.05, 3.63) is 12.2 Å². The van der Waals surface area contributed by atoms with Crippen LogP contribution in [0.1, 0.15) is 213 Å². The maximum absolute atomic E-state index is 12.8. The number of aliphatic hydroxyl groups is 4. The van der Waals surface area contributed by atoms with Gasteiger partial charge < -0.3 is 39.4 Å². The Kier molecular flexibility index (Phi) is 35.3. The van der Waals surface area contributed by atoms with Crippen molar-refractivity contribution in [3.63, 3.8) is 0 Å². The number of esters is 2. The van der Waals surface area contributed by atoms with E-state index in [1.165, 1.54) is 128 Å². The van der Waals surface area contributed by atoms with E-state index in [4.69, 9.17) is 18.9 Å². The van der Waals surface area contributed by atoms with Crippen molar-refractivity contribution in [2.75, 3.05) is 19.8 Å². The second-order valence-electron chi connectivity index (χ2n) is 16.2. The summed E-state index contributed by atoms with van der Waals surface area (Å²) in [7, 11) is 0. The van der Waals surface area contributed by atoms with Gasteiger partial charge in [-0.1, -0.05) is 174 Å². The Morgan fingerprint density at radius 3 is 1.41 bits per heavy atom. The zero-order valence-electron chi connectivity index (χ0n) is 35.9. The molecule has 0 amide bonds. The fourth-order valence-corrected chi connectivity index (χ4v) is 7.18. The summed E-state index contributed by atoms with van der Waals surface area (Å²) in [6.07, 6.45) is 32.2. The van der Waals surface area contributed by atoms with Gasteiger partial charge in [-0.05, 0) is 38.5 Å². The first kappa shape index (κ1) is 52.5. The smallest absolute Gasteiger partial charge is 0.306 e. The number of unbranched alkanes of at least 4 members (excludes halogenated alkanes) is 26. The van der Waals surface area contributed by atoms with Gasteiger partial charge in [-0.25, -0.2) is 0 Å². The minimum atomic E-state index is -1.59. The molecule has 1 rings (SSSR count). The molecule has 4 N–H and O–H groups in total. The molecule has 0 aromatic rings. The van der Waals surface area contributed by atoms with Gasteiger partial charge in [0, 0.05) is 12.8 Å². The van der Waals surface area contributed by atoms with Crippen molar-refractivity contribution < 1.29 is 49.0 Å². The highest BCUT2D eigenvalue weighted by Gasteiger charge is 2.44. The van der Waals surface area contributed by atoms with E-state index in [1.54, 1.807) is 0 Å². The first-order chi connectivity index (χ1) is 27.3. The van der Waals surface area contributed by atoms with Gasteiger partial charge in [-0.15, -0.1) is 0 Å². The highest BCUT2D eigenvalue weighted by Crippen LogP contribution is 2.23. The van der Waals surface area contributed by atoms with Gasteiger partial charge in [0.2, 0.25) is 0 Å². The van der Waals surface area contributed by atoms with Gasteiger partial charge in [0.25, 0.3) is 0 Å². The lowest BCUT2D eigenvalue weighted by atomic mass is 9.99. The predicted octanol–water partition coefficient (Wildman–Crippen LogP) is 9.95. The van der Waals surface area contributed by atoms with Crippen LogP contribution in [0.15, 0.2) is 12.2 Å². The number of ether oxygens (including phenoxy) is 4. The average molecular weight is 799 g/mol. The summed E-state index contributed by atoms with van der Waals surface area (Å²) in [5.41, 5.74) is 0. The Morgan fingerprint density at radius 1 is 0.536 bits per heavy atom. The maximum Gasteiger partial charge on any atom is 0.306 e. The molecule has 56 heavy (non-hydrogen) atoms. The Morgan fingerprint density at radius 2 is 0.946 bits per heavy atom. The van der Waals surface area contributed by atoms with Gasteiger partial charge in [0.05, 0.1) is 13.2 Å². The second-order valence-corrected chi connectivity index (χ2v) is 16.2. The Bertz CT molecular complexity index is 928. The van der Waals surface area contributed by atoms with Crippen molar-refractivity contribution in [1.29, 1.82) is 0 Å². The molecular weight excluding hydrogens is 712 g/mol. The molecule has 1 aliphatic heterocycles. The fraction of sp³-hybridized carbons (Fsp3) is 0.913. The Balaban J connectivity index is 2.31. The van der Waals surface area contributed by atoms with E-state index < -0.39 is 49.4 Å². The Hall–Kier alpha value is -1.56. The van der Waals surface area contributed by atoms with Crippen LogP contribution in [0.3, 0.4) is 0 Å². The summed E-state index contributed by atoms with van der Waals surface area (Å²) in [5.74, 6) is -0.814. The standard InChI is InChI=1S/C46H86O10/c1-3-5-7-9-11-13-15-17-19-21-23-25-27-29-31-33-35-42(49)55-39(38-54-46-45(52)44(51)43(50)40(36-47)56-46)37-53-41(48)34-32-30-28-26-24-22-20-18-16-14-12-10-8-6-4-2/h22,24,39-40,43-47,50-52H,3-21,23,25-38H2,1-2H3/b24-22+/t39-,40-,43+,44?,45?,46-/m1/s1. The molecule has 1 aliphatic rings. The van der Waals surface area contributed by atoms with Crippen LogP contribution >= 0.6 is 0 Å². The SMILES string of the molecule is CCCCCCCCCC/C=C/CCCCCC(=O)OC[C@H](CO[C@@H]1O[C@H](CO)[C@H](O)C(O)C1O)OC(=O)CCCCCCCCCCCCCCCCCC. The zero-order valence-corrected chi connectivity index (χ0v) is 35.9. The van der Waals surface area contributed by atoms with Gasteiger partial charge >= 0.3 is 11.9 Å². The molecule has 330 valence electrons. The Labute approximate surface area is 341 Å². The molecule has 6 atom stereocenters. The molecule has 10 heteroatoms. The monoisotopic (exact) mass is 799 g/mol. The molecule has 0 aliphatic carbocycles. The molecule has 0 radical (unpaired) electrons. The van der Waals surface area contributed by atoms with Crippen molar-refractivity contribution >= 4 is 11.9 Å². The first-order valence-corrected chi connectivity index (χ1v) is 23.3. The first-order valence-electron chi connectivity index (χ1n) is 23.3. The lowest BCUT2D eigenvalue weighted by Crippen LogP contribution is -2.59. The van der Waals surface area contributed by atoms with Crippen LogP contribution in [-0.2, 0) is 28.5 Å². The van der Waals surface area contributed by atoms with E-state index in [0.717, 1.165) is 44.9 Å². The number of rotatable bonds is 39. The highest BCUT2D eigenvalue weighted by molar-refractivity contribution is 5.70. The quantitative estimate of drug-likeness (QED) is 0.0269. The van der Waals surface area contributed by atoms with E-state index in [9.17, 15) is 30.0 Å². The lowest BCUT2D eigenvalue weighted by Gasteiger charge is -2.39. The number of allylic oxidation sites excluding steroid dienone is 2. The number of carbonyl (C=O) groups is 2. The second kappa shape index (κ2) is 37.7. The van der Waals surface area contributed by atoms with E-state index in [0.29, 0.717) is 12.8 Å². The summed E-state index contributed by atoms with van der Waals surface area (Å²) in [6, 6.07) is 0. The molecule has 1 heterocycles. The molecular formula is C46H86O10. The van der Waals surface area contributed by atoms with E-state index >= 15 is 0 Å². The summed E-state index contributed by atoms with van der Waals surface area (Å²) < 4.78 is 22.2.